The van der Waals surface area contributed by atoms with Gasteiger partial charge in [-0.3, -0.25) is 4.98 Å². The molecule has 0 spiro atoms. The molecule has 0 atom stereocenters. The topological polar surface area (TPSA) is 24.9 Å². The van der Waals surface area contributed by atoms with Crippen molar-refractivity contribution in [1.29, 1.82) is 0 Å². The molecule has 0 saturated heterocycles. The van der Waals surface area contributed by atoms with E-state index in [1.807, 2.05) is 12.3 Å². The van der Waals surface area contributed by atoms with Gasteiger partial charge in [0.15, 0.2) is 0 Å². The zero-order chi connectivity index (χ0) is 11.0. The number of aromatic nitrogens is 1. The largest absolute Gasteiger partial charge is 0.309 e. The minimum absolute atomic E-state index is 0.740. The van der Waals surface area contributed by atoms with Crippen LogP contribution in [-0.2, 0) is 6.54 Å². The highest BCUT2D eigenvalue weighted by Gasteiger charge is 2.40. The van der Waals surface area contributed by atoms with Crippen LogP contribution in [0.15, 0.2) is 18.5 Å². The molecule has 2 fully saturated rings. The lowest BCUT2D eigenvalue weighted by Gasteiger charge is -2.17. The number of rotatable bonds is 5. The number of nitrogens with one attached hydrogen (secondary N) is 1. The predicted molar refractivity (Wildman–Crippen MR) is 65.3 cm³/mol. The molecule has 3 rings (SSSR count). The van der Waals surface area contributed by atoms with Crippen LogP contribution in [0.4, 0.5) is 0 Å². The molecule has 2 saturated carbocycles. The Balaban J connectivity index is 1.60. The molecule has 1 aromatic rings. The molecule has 1 heterocycles. The Labute approximate surface area is 101 Å². The van der Waals surface area contributed by atoms with Gasteiger partial charge in [0.25, 0.3) is 0 Å². The summed E-state index contributed by atoms with van der Waals surface area (Å²) in [6.07, 6.45) is 9.20. The quantitative estimate of drug-likeness (QED) is 0.850. The van der Waals surface area contributed by atoms with E-state index in [-0.39, 0.29) is 0 Å². The van der Waals surface area contributed by atoms with E-state index in [9.17, 15) is 0 Å². The molecule has 0 unspecified atom stereocenters. The molecule has 1 aromatic heterocycles. The van der Waals surface area contributed by atoms with Crippen molar-refractivity contribution in [1.82, 2.24) is 10.3 Å². The van der Waals surface area contributed by atoms with E-state index < -0.39 is 0 Å². The van der Waals surface area contributed by atoms with E-state index in [1.54, 1.807) is 6.20 Å². The molecule has 2 aliphatic carbocycles. The Morgan fingerprint density at radius 2 is 2.00 bits per heavy atom. The first kappa shape index (κ1) is 10.5. The maximum absolute atomic E-state index is 6.10. The van der Waals surface area contributed by atoms with E-state index in [1.165, 1.54) is 31.2 Å². The van der Waals surface area contributed by atoms with Gasteiger partial charge < -0.3 is 5.32 Å². The van der Waals surface area contributed by atoms with Crippen molar-refractivity contribution < 1.29 is 0 Å². The minimum Gasteiger partial charge on any atom is -0.309 e. The van der Waals surface area contributed by atoms with Crippen molar-refractivity contribution in [2.75, 3.05) is 0 Å². The Hall–Kier alpha value is -0.600. The molecule has 86 valence electrons. The second-order valence-electron chi connectivity index (χ2n) is 5.05. The predicted octanol–water partition coefficient (Wildman–Crippen LogP) is 3.01. The molecule has 16 heavy (non-hydrogen) atoms. The van der Waals surface area contributed by atoms with Gasteiger partial charge in [-0.25, -0.2) is 0 Å². The van der Waals surface area contributed by atoms with Crippen LogP contribution in [0.1, 0.15) is 31.2 Å². The van der Waals surface area contributed by atoms with Crippen LogP contribution < -0.4 is 5.32 Å². The summed E-state index contributed by atoms with van der Waals surface area (Å²) in [5.41, 5.74) is 1.17. The number of pyridine rings is 1. The fourth-order valence-corrected chi connectivity index (χ4v) is 2.59. The molecule has 3 heteroatoms. The standard InChI is InChI=1S/C13H17ClN2/c14-12-8-15-6-5-11(12)7-16-13(9-1-2-9)10-3-4-10/h5-6,8-10,13,16H,1-4,7H2. The monoisotopic (exact) mass is 236 g/mol. The van der Waals surface area contributed by atoms with Crippen LogP contribution in [0.5, 0.6) is 0 Å². The van der Waals surface area contributed by atoms with E-state index in [0.29, 0.717) is 0 Å². The summed E-state index contributed by atoms with van der Waals surface area (Å²) in [4.78, 5) is 4.01. The summed E-state index contributed by atoms with van der Waals surface area (Å²) in [6, 6.07) is 2.75. The van der Waals surface area contributed by atoms with Crippen molar-refractivity contribution in [3.05, 3.63) is 29.0 Å². The second kappa shape index (κ2) is 4.34. The Morgan fingerprint density at radius 3 is 2.56 bits per heavy atom. The van der Waals surface area contributed by atoms with Crippen LogP contribution in [-0.4, -0.2) is 11.0 Å². The average molecular weight is 237 g/mol. The van der Waals surface area contributed by atoms with Gasteiger partial charge in [0.2, 0.25) is 0 Å². The highest BCUT2D eigenvalue weighted by atomic mass is 35.5. The van der Waals surface area contributed by atoms with Crippen molar-refractivity contribution in [2.24, 2.45) is 11.8 Å². The molecule has 0 aromatic carbocycles. The van der Waals surface area contributed by atoms with Gasteiger partial charge in [-0.1, -0.05) is 11.6 Å². The maximum Gasteiger partial charge on any atom is 0.0634 e. The van der Waals surface area contributed by atoms with Crippen LogP contribution in [0, 0.1) is 11.8 Å². The van der Waals surface area contributed by atoms with Crippen LogP contribution in [0.2, 0.25) is 5.02 Å². The van der Waals surface area contributed by atoms with Crippen molar-refractivity contribution in [3.8, 4) is 0 Å². The Morgan fingerprint density at radius 1 is 1.31 bits per heavy atom. The molecule has 0 amide bonds. The first-order chi connectivity index (χ1) is 7.84. The zero-order valence-electron chi connectivity index (χ0n) is 9.32. The molecule has 0 radical (unpaired) electrons. The molecule has 0 bridgehead atoms. The summed E-state index contributed by atoms with van der Waals surface area (Å²) in [7, 11) is 0. The smallest absolute Gasteiger partial charge is 0.0634 e. The molecule has 0 aliphatic heterocycles. The van der Waals surface area contributed by atoms with Gasteiger partial charge in [0, 0.05) is 25.0 Å². The van der Waals surface area contributed by atoms with E-state index in [0.717, 1.165) is 29.4 Å². The van der Waals surface area contributed by atoms with Crippen LogP contribution in [0.3, 0.4) is 0 Å². The number of nitrogens with zero attached hydrogens (tertiary/aromatic N) is 1. The van der Waals surface area contributed by atoms with E-state index in [2.05, 4.69) is 10.3 Å². The normalized spacial score (nSPS) is 20.4. The van der Waals surface area contributed by atoms with Crippen molar-refractivity contribution in [3.63, 3.8) is 0 Å². The van der Waals surface area contributed by atoms with Gasteiger partial charge in [0.05, 0.1) is 5.02 Å². The highest BCUT2D eigenvalue weighted by Crippen LogP contribution is 2.44. The fourth-order valence-electron chi connectivity index (χ4n) is 2.40. The molecule has 2 aliphatic rings. The number of hydrogen-bond acceptors (Lipinski definition) is 2. The molecule has 1 N–H and O–H groups in total. The van der Waals surface area contributed by atoms with E-state index in [4.69, 9.17) is 11.6 Å². The van der Waals surface area contributed by atoms with Gasteiger partial charge in [0.1, 0.15) is 0 Å². The third kappa shape index (κ3) is 2.38. The molecule has 2 nitrogen and oxygen atoms in total. The Bertz CT molecular complexity index is 360. The summed E-state index contributed by atoms with van der Waals surface area (Å²) >= 11 is 6.10. The summed E-state index contributed by atoms with van der Waals surface area (Å²) < 4.78 is 0. The average Bonchev–Trinajstić information content (AvgIpc) is 3.15. The lowest BCUT2D eigenvalue weighted by Crippen LogP contribution is -2.32. The van der Waals surface area contributed by atoms with Crippen LogP contribution >= 0.6 is 11.6 Å². The molecular weight excluding hydrogens is 220 g/mol. The second-order valence-corrected chi connectivity index (χ2v) is 5.46. The number of hydrogen-bond donors (Lipinski definition) is 1. The Kier molecular flexibility index (Phi) is 2.86. The SMILES string of the molecule is Clc1cnccc1CNC(C1CC1)C1CC1. The van der Waals surface area contributed by atoms with Crippen molar-refractivity contribution >= 4 is 11.6 Å². The third-order valence-electron chi connectivity index (χ3n) is 3.64. The summed E-state index contributed by atoms with van der Waals surface area (Å²) in [5, 5.41) is 4.47. The van der Waals surface area contributed by atoms with Crippen molar-refractivity contribution in [2.45, 2.75) is 38.3 Å². The number of halogens is 1. The minimum atomic E-state index is 0.740. The first-order valence-corrected chi connectivity index (χ1v) is 6.54. The van der Waals surface area contributed by atoms with Gasteiger partial charge in [-0.2, -0.15) is 0 Å². The van der Waals surface area contributed by atoms with Gasteiger partial charge in [-0.05, 0) is 49.1 Å². The van der Waals surface area contributed by atoms with Gasteiger partial charge in [-0.15, -0.1) is 0 Å². The first-order valence-electron chi connectivity index (χ1n) is 6.16. The summed E-state index contributed by atoms with van der Waals surface area (Å²) in [5.74, 6) is 1.88. The molecular formula is C13H17ClN2. The third-order valence-corrected chi connectivity index (χ3v) is 3.98. The zero-order valence-corrected chi connectivity index (χ0v) is 10.1. The van der Waals surface area contributed by atoms with Crippen LogP contribution in [0.25, 0.3) is 0 Å². The highest BCUT2D eigenvalue weighted by molar-refractivity contribution is 6.31. The maximum atomic E-state index is 6.10. The van der Waals surface area contributed by atoms with Gasteiger partial charge >= 0.3 is 0 Å². The lowest BCUT2D eigenvalue weighted by molar-refractivity contribution is 0.416. The fraction of sp³-hybridized carbons (Fsp3) is 0.615. The summed E-state index contributed by atoms with van der Waals surface area (Å²) in [6.45, 7) is 0.888. The van der Waals surface area contributed by atoms with E-state index >= 15 is 0 Å². The lowest BCUT2D eigenvalue weighted by atomic mass is 10.1.